The Bertz CT molecular complexity index is 593. The smallest absolute Gasteiger partial charge is 0.0700 e. The van der Waals surface area contributed by atoms with Gasteiger partial charge in [-0.15, -0.1) is 0 Å². The van der Waals surface area contributed by atoms with E-state index in [1.165, 1.54) is 16.3 Å². The van der Waals surface area contributed by atoms with Gasteiger partial charge >= 0.3 is 0 Å². The number of nitrogens with two attached hydrogens (primary N) is 1. The van der Waals surface area contributed by atoms with Gasteiger partial charge in [0.05, 0.1) is 12.7 Å². The van der Waals surface area contributed by atoms with Crippen molar-refractivity contribution in [2.45, 2.75) is 25.5 Å². The highest BCUT2D eigenvalue weighted by molar-refractivity contribution is 5.86. The van der Waals surface area contributed by atoms with Gasteiger partial charge in [-0.05, 0) is 22.8 Å². The average molecular weight is 284 g/mol. The molecule has 0 spiro atoms. The Kier molecular flexibility index (Phi) is 4.54. The second-order valence-corrected chi connectivity index (χ2v) is 5.72. The van der Waals surface area contributed by atoms with Crippen molar-refractivity contribution in [3.05, 3.63) is 48.0 Å². The molecule has 1 saturated heterocycles. The molecule has 1 aliphatic heterocycles. The molecule has 1 fully saturated rings. The van der Waals surface area contributed by atoms with Crippen molar-refractivity contribution in [3.63, 3.8) is 0 Å². The van der Waals surface area contributed by atoms with Crippen LogP contribution in [0.15, 0.2) is 42.5 Å². The molecule has 0 aromatic heterocycles. The van der Waals surface area contributed by atoms with Crippen molar-refractivity contribution in [2.24, 2.45) is 5.73 Å². The molecule has 0 aliphatic carbocycles. The van der Waals surface area contributed by atoms with E-state index in [9.17, 15) is 0 Å². The first-order valence-corrected chi connectivity index (χ1v) is 7.87. The number of ether oxygens (including phenoxy) is 1. The zero-order chi connectivity index (χ0) is 14.7. The van der Waals surface area contributed by atoms with E-state index in [2.05, 4.69) is 54.3 Å². The van der Waals surface area contributed by atoms with Gasteiger partial charge in [0.25, 0.3) is 0 Å². The van der Waals surface area contributed by atoms with Crippen LogP contribution in [0.25, 0.3) is 10.8 Å². The lowest BCUT2D eigenvalue weighted by Crippen LogP contribution is -2.46. The van der Waals surface area contributed by atoms with E-state index >= 15 is 0 Å². The molecule has 1 heterocycles. The largest absolute Gasteiger partial charge is 0.376 e. The molecule has 3 heteroatoms. The van der Waals surface area contributed by atoms with Gasteiger partial charge < -0.3 is 10.5 Å². The number of fused-ring (bicyclic) bond motifs is 1. The Morgan fingerprint density at radius 2 is 2.05 bits per heavy atom. The minimum absolute atomic E-state index is 0.272. The van der Waals surface area contributed by atoms with Crippen LogP contribution >= 0.6 is 0 Å². The Morgan fingerprint density at radius 1 is 1.24 bits per heavy atom. The third-order valence-corrected chi connectivity index (χ3v) is 4.47. The lowest BCUT2D eigenvalue weighted by molar-refractivity contribution is -0.0435. The maximum atomic E-state index is 6.13. The van der Waals surface area contributed by atoms with Crippen LogP contribution in [-0.2, 0) is 4.74 Å². The van der Waals surface area contributed by atoms with Crippen LogP contribution in [-0.4, -0.2) is 37.2 Å². The van der Waals surface area contributed by atoms with Crippen LogP contribution in [0.3, 0.4) is 0 Å². The van der Waals surface area contributed by atoms with Crippen LogP contribution in [0.4, 0.5) is 0 Å². The summed E-state index contributed by atoms with van der Waals surface area (Å²) in [5, 5.41) is 2.60. The Hall–Kier alpha value is -1.42. The average Bonchev–Trinajstić information content (AvgIpc) is 2.56. The molecule has 2 N–H and O–H groups in total. The van der Waals surface area contributed by atoms with E-state index in [-0.39, 0.29) is 6.04 Å². The standard InChI is InChI=1S/C18H24N2O/c1-2-15-13-20(10-11-21-15)18(12-19)17-9-5-7-14-6-3-4-8-16(14)17/h3-9,15,18H,2,10-13,19H2,1H3. The van der Waals surface area contributed by atoms with Crippen LogP contribution in [0, 0.1) is 0 Å². The van der Waals surface area contributed by atoms with Gasteiger partial charge in [-0.25, -0.2) is 0 Å². The molecule has 2 unspecified atom stereocenters. The first-order valence-electron chi connectivity index (χ1n) is 7.87. The molecule has 3 nitrogen and oxygen atoms in total. The number of morpholine rings is 1. The van der Waals surface area contributed by atoms with Gasteiger partial charge in [0.15, 0.2) is 0 Å². The molecule has 2 aromatic rings. The predicted octanol–water partition coefficient (Wildman–Crippen LogP) is 2.95. The fourth-order valence-electron chi connectivity index (χ4n) is 3.29. The summed E-state index contributed by atoms with van der Waals surface area (Å²) < 4.78 is 5.79. The highest BCUT2D eigenvalue weighted by Crippen LogP contribution is 2.29. The molecule has 0 amide bonds. The molecular weight excluding hydrogens is 260 g/mol. The molecule has 3 rings (SSSR count). The minimum atomic E-state index is 0.272. The number of benzene rings is 2. The van der Waals surface area contributed by atoms with E-state index in [1.807, 2.05) is 0 Å². The first kappa shape index (κ1) is 14.5. The zero-order valence-corrected chi connectivity index (χ0v) is 12.7. The Morgan fingerprint density at radius 3 is 2.86 bits per heavy atom. The fourth-order valence-corrected chi connectivity index (χ4v) is 3.29. The highest BCUT2D eigenvalue weighted by atomic mass is 16.5. The summed E-state index contributed by atoms with van der Waals surface area (Å²) in [6, 6.07) is 15.4. The van der Waals surface area contributed by atoms with Crippen LogP contribution < -0.4 is 5.73 Å². The summed E-state index contributed by atoms with van der Waals surface area (Å²) >= 11 is 0. The topological polar surface area (TPSA) is 38.5 Å². The number of rotatable bonds is 4. The van der Waals surface area contributed by atoms with Crippen molar-refractivity contribution in [1.29, 1.82) is 0 Å². The zero-order valence-electron chi connectivity index (χ0n) is 12.7. The molecule has 21 heavy (non-hydrogen) atoms. The normalized spacial score (nSPS) is 21.5. The maximum Gasteiger partial charge on any atom is 0.0700 e. The van der Waals surface area contributed by atoms with Crippen molar-refractivity contribution in [3.8, 4) is 0 Å². The van der Waals surface area contributed by atoms with Gasteiger partial charge in [-0.3, -0.25) is 4.90 Å². The Labute approximate surface area is 126 Å². The van der Waals surface area contributed by atoms with E-state index in [4.69, 9.17) is 10.5 Å². The lowest BCUT2D eigenvalue weighted by atomic mass is 9.97. The van der Waals surface area contributed by atoms with Crippen LogP contribution in [0.2, 0.25) is 0 Å². The molecule has 0 saturated carbocycles. The molecule has 2 atom stereocenters. The second-order valence-electron chi connectivity index (χ2n) is 5.72. The molecule has 0 radical (unpaired) electrons. The summed E-state index contributed by atoms with van der Waals surface area (Å²) in [5.41, 5.74) is 7.47. The van der Waals surface area contributed by atoms with Gasteiger partial charge in [0.1, 0.15) is 0 Å². The monoisotopic (exact) mass is 284 g/mol. The highest BCUT2D eigenvalue weighted by Gasteiger charge is 2.26. The quantitative estimate of drug-likeness (QED) is 0.938. The van der Waals surface area contributed by atoms with Gasteiger partial charge in [0.2, 0.25) is 0 Å². The second kappa shape index (κ2) is 6.56. The molecule has 112 valence electrons. The lowest BCUT2D eigenvalue weighted by Gasteiger charge is -2.38. The number of hydrogen-bond acceptors (Lipinski definition) is 3. The third kappa shape index (κ3) is 2.95. The van der Waals surface area contributed by atoms with Crippen LogP contribution in [0.5, 0.6) is 0 Å². The van der Waals surface area contributed by atoms with Crippen molar-refractivity contribution in [2.75, 3.05) is 26.2 Å². The van der Waals surface area contributed by atoms with Gasteiger partial charge in [-0.1, -0.05) is 49.4 Å². The van der Waals surface area contributed by atoms with Gasteiger partial charge in [0, 0.05) is 25.7 Å². The van der Waals surface area contributed by atoms with E-state index in [0.29, 0.717) is 12.6 Å². The van der Waals surface area contributed by atoms with E-state index < -0.39 is 0 Å². The Balaban J connectivity index is 1.94. The minimum Gasteiger partial charge on any atom is -0.376 e. The summed E-state index contributed by atoms with van der Waals surface area (Å²) in [5.74, 6) is 0. The number of nitrogens with zero attached hydrogens (tertiary/aromatic N) is 1. The molecule has 2 aromatic carbocycles. The summed E-state index contributed by atoms with van der Waals surface area (Å²) in [6.45, 7) is 5.57. The van der Waals surface area contributed by atoms with Gasteiger partial charge in [-0.2, -0.15) is 0 Å². The summed E-state index contributed by atoms with van der Waals surface area (Å²) in [4.78, 5) is 2.49. The summed E-state index contributed by atoms with van der Waals surface area (Å²) in [6.07, 6.45) is 1.39. The van der Waals surface area contributed by atoms with Crippen molar-refractivity contribution in [1.82, 2.24) is 4.90 Å². The molecular formula is C18H24N2O. The van der Waals surface area contributed by atoms with Crippen molar-refractivity contribution >= 4 is 10.8 Å². The summed E-state index contributed by atoms with van der Waals surface area (Å²) in [7, 11) is 0. The maximum absolute atomic E-state index is 6.13. The fraction of sp³-hybridized carbons (Fsp3) is 0.444. The SMILES string of the molecule is CCC1CN(C(CN)c2cccc3ccccc23)CCO1. The third-order valence-electron chi connectivity index (χ3n) is 4.47. The first-order chi connectivity index (χ1) is 10.3. The van der Waals surface area contributed by atoms with E-state index in [0.717, 1.165) is 26.1 Å². The van der Waals surface area contributed by atoms with Crippen molar-refractivity contribution < 1.29 is 4.74 Å². The predicted molar refractivity (Wildman–Crippen MR) is 87.3 cm³/mol. The molecule has 0 bridgehead atoms. The molecule has 1 aliphatic rings. The van der Waals surface area contributed by atoms with Crippen LogP contribution in [0.1, 0.15) is 24.9 Å². The van der Waals surface area contributed by atoms with E-state index in [1.54, 1.807) is 0 Å². The number of hydrogen-bond donors (Lipinski definition) is 1.